The maximum atomic E-state index is 13.6. The van der Waals surface area contributed by atoms with Gasteiger partial charge in [0.2, 0.25) is 0 Å². The Hall–Kier alpha value is -1.19. The zero-order chi connectivity index (χ0) is 12.3. The third-order valence-electron chi connectivity index (χ3n) is 2.28. The molecule has 0 aliphatic carbocycles. The second kappa shape index (κ2) is 5.43. The summed E-state index contributed by atoms with van der Waals surface area (Å²) in [6.07, 6.45) is 0. The molecule has 0 atom stereocenters. The summed E-state index contributed by atoms with van der Waals surface area (Å²) in [5.74, 6) is 0.195. The predicted octanol–water partition coefficient (Wildman–Crippen LogP) is 4.35. The topological polar surface area (TPSA) is 26.0 Å². The fourth-order valence-electron chi connectivity index (χ4n) is 1.43. The Kier molecular flexibility index (Phi) is 3.92. The Morgan fingerprint density at radius 3 is 2.71 bits per heavy atom. The second-order valence-corrected chi connectivity index (χ2v) is 5.03. The zero-order valence-electron chi connectivity index (χ0n) is 8.99. The van der Waals surface area contributed by atoms with Gasteiger partial charge in [-0.15, -0.1) is 11.8 Å². The van der Waals surface area contributed by atoms with E-state index in [9.17, 15) is 4.39 Å². The highest BCUT2D eigenvalue weighted by molar-refractivity contribution is 7.98. The molecule has 2 N–H and O–H groups in total. The van der Waals surface area contributed by atoms with Gasteiger partial charge in [0.1, 0.15) is 5.82 Å². The van der Waals surface area contributed by atoms with Crippen LogP contribution in [0.25, 0.3) is 0 Å². The molecule has 88 valence electrons. The summed E-state index contributed by atoms with van der Waals surface area (Å²) in [5.41, 5.74) is 6.98. The second-order valence-electron chi connectivity index (χ2n) is 3.57. The number of hydrogen-bond acceptors (Lipinski definition) is 2. The number of halogens is 2. The molecule has 0 spiro atoms. The summed E-state index contributed by atoms with van der Waals surface area (Å²) in [6, 6.07) is 12.6. The number of anilines is 1. The molecule has 2 aromatic rings. The van der Waals surface area contributed by atoms with E-state index in [2.05, 4.69) is 0 Å². The SMILES string of the molecule is Nc1cccc(SCc2cccc(Cl)c2F)c1. The minimum absolute atomic E-state index is 0.163. The van der Waals surface area contributed by atoms with Gasteiger partial charge < -0.3 is 5.73 Å². The van der Waals surface area contributed by atoms with E-state index in [4.69, 9.17) is 17.3 Å². The van der Waals surface area contributed by atoms with Gasteiger partial charge in [0.05, 0.1) is 5.02 Å². The third-order valence-corrected chi connectivity index (χ3v) is 3.62. The molecule has 2 aromatic carbocycles. The van der Waals surface area contributed by atoms with Crippen molar-refractivity contribution in [3.05, 3.63) is 58.9 Å². The van der Waals surface area contributed by atoms with Gasteiger partial charge in [-0.2, -0.15) is 0 Å². The average Bonchev–Trinajstić information content (AvgIpc) is 2.31. The van der Waals surface area contributed by atoms with Gasteiger partial charge in [-0.05, 0) is 29.8 Å². The number of hydrogen-bond donors (Lipinski definition) is 1. The van der Waals surface area contributed by atoms with Crippen LogP contribution in [0.3, 0.4) is 0 Å². The van der Waals surface area contributed by atoms with Crippen molar-refractivity contribution in [2.75, 3.05) is 5.73 Å². The molecule has 0 saturated heterocycles. The van der Waals surface area contributed by atoms with Gasteiger partial charge in [-0.1, -0.05) is 29.8 Å². The van der Waals surface area contributed by atoms with E-state index in [1.165, 1.54) is 11.8 Å². The molecule has 0 amide bonds. The van der Waals surface area contributed by atoms with E-state index in [0.29, 0.717) is 17.0 Å². The predicted molar refractivity (Wildman–Crippen MR) is 71.8 cm³/mol. The fourth-order valence-corrected chi connectivity index (χ4v) is 2.56. The lowest BCUT2D eigenvalue weighted by Crippen LogP contribution is -1.89. The Balaban J connectivity index is 2.10. The van der Waals surface area contributed by atoms with Crippen LogP contribution in [-0.4, -0.2) is 0 Å². The van der Waals surface area contributed by atoms with Gasteiger partial charge in [-0.3, -0.25) is 0 Å². The van der Waals surface area contributed by atoms with Crippen LogP contribution in [0.5, 0.6) is 0 Å². The number of nitrogens with two attached hydrogens (primary N) is 1. The normalized spacial score (nSPS) is 10.5. The summed E-state index contributed by atoms with van der Waals surface area (Å²) in [6.45, 7) is 0. The molecule has 0 heterocycles. The molecule has 0 aliphatic rings. The molecule has 0 unspecified atom stereocenters. The standard InChI is InChI=1S/C13H11ClFNS/c14-12-6-1-3-9(13(12)15)8-17-11-5-2-4-10(16)7-11/h1-7H,8,16H2. The highest BCUT2D eigenvalue weighted by atomic mass is 35.5. The van der Waals surface area contributed by atoms with Crippen molar-refractivity contribution >= 4 is 29.1 Å². The maximum Gasteiger partial charge on any atom is 0.145 e. The molecule has 0 saturated carbocycles. The first-order valence-corrected chi connectivity index (χ1v) is 6.44. The lowest BCUT2D eigenvalue weighted by Gasteiger charge is -2.05. The molecule has 0 aromatic heterocycles. The average molecular weight is 268 g/mol. The smallest absolute Gasteiger partial charge is 0.145 e. The molecule has 0 fully saturated rings. The van der Waals surface area contributed by atoms with Crippen molar-refractivity contribution in [1.29, 1.82) is 0 Å². The summed E-state index contributed by atoms with van der Waals surface area (Å²) in [4.78, 5) is 1.02. The van der Waals surface area contributed by atoms with Crippen LogP contribution in [0.4, 0.5) is 10.1 Å². The van der Waals surface area contributed by atoms with Crippen LogP contribution in [-0.2, 0) is 5.75 Å². The fraction of sp³-hybridized carbons (Fsp3) is 0.0769. The van der Waals surface area contributed by atoms with Gasteiger partial charge >= 0.3 is 0 Å². The molecule has 0 bridgehead atoms. The number of nitrogen functional groups attached to an aromatic ring is 1. The van der Waals surface area contributed by atoms with E-state index in [1.54, 1.807) is 18.2 Å². The van der Waals surface area contributed by atoms with Gasteiger partial charge in [-0.25, -0.2) is 4.39 Å². The molecule has 0 aliphatic heterocycles. The lowest BCUT2D eigenvalue weighted by atomic mass is 10.2. The first-order chi connectivity index (χ1) is 8.16. The molecule has 0 radical (unpaired) electrons. The minimum Gasteiger partial charge on any atom is -0.399 e. The quantitative estimate of drug-likeness (QED) is 0.661. The van der Waals surface area contributed by atoms with E-state index in [1.807, 2.05) is 24.3 Å². The summed E-state index contributed by atoms with van der Waals surface area (Å²) >= 11 is 7.25. The maximum absolute atomic E-state index is 13.6. The highest BCUT2D eigenvalue weighted by Crippen LogP contribution is 2.27. The molecule has 2 rings (SSSR count). The van der Waals surface area contributed by atoms with Crippen LogP contribution in [0.1, 0.15) is 5.56 Å². The molecule has 1 nitrogen and oxygen atoms in total. The Morgan fingerprint density at radius 2 is 1.94 bits per heavy atom. The van der Waals surface area contributed by atoms with Crippen LogP contribution >= 0.6 is 23.4 Å². The number of thioether (sulfide) groups is 1. The first kappa shape index (κ1) is 12.3. The summed E-state index contributed by atoms with van der Waals surface area (Å²) in [5, 5.41) is 0.163. The molecule has 17 heavy (non-hydrogen) atoms. The molecule has 4 heteroatoms. The lowest BCUT2D eigenvalue weighted by molar-refractivity contribution is 0.618. The van der Waals surface area contributed by atoms with Crippen molar-refractivity contribution in [2.45, 2.75) is 10.6 Å². The van der Waals surface area contributed by atoms with Crippen molar-refractivity contribution in [3.63, 3.8) is 0 Å². The van der Waals surface area contributed by atoms with Crippen LogP contribution in [0.2, 0.25) is 5.02 Å². The third kappa shape index (κ3) is 3.14. The van der Waals surface area contributed by atoms with E-state index < -0.39 is 0 Å². The molecular formula is C13H11ClFNS. The highest BCUT2D eigenvalue weighted by Gasteiger charge is 2.06. The Morgan fingerprint density at radius 1 is 1.18 bits per heavy atom. The summed E-state index contributed by atoms with van der Waals surface area (Å²) in [7, 11) is 0. The van der Waals surface area contributed by atoms with Gasteiger partial charge in [0.25, 0.3) is 0 Å². The van der Waals surface area contributed by atoms with Crippen LogP contribution < -0.4 is 5.73 Å². The Bertz CT molecular complexity index is 531. The number of rotatable bonds is 3. The van der Waals surface area contributed by atoms with E-state index in [-0.39, 0.29) is 10.8 Å². The van der Waals surface area contributed by atoms with Crippen LogP contribution in [0.15, 0.2) is 47.4 Å². The van der Waals surface area contributed by atoms with Gasteiger partial charge in [0, 0.05) is 16.3 Å². The molecular weight excluding hydrogens is 257 g/mol. The van der Waals surface area contributed by atoms with Crippen LogP contribution in [0, 0.1) is 5.82 Å². The monoisotopic (exact) mass is 267 g/mol. The van der Waals surface area contributed by atoms with E-state index >= 15 is 0 Å². The summed E-state index contributed by atoms with van der Waals surface area (Å²) < 4.78 is 13.6. The minimum atomic E-state index is -0.342. The Labute approximate surface area is 109 Å². The largest absolute Gasteiger partial charge is 0.399 e. The van der Waals surface area contributed by atoms with Crippen molar-refractivity contribution in [3.8, 4) is 0 Å². The van der Waals surface area contributed by atoms with E-state index in [0.717, 1.165) is 4.90 Å². The van der Waals surface area contributed by atoms with Crippen molar-refractivity contribution < 1.29 is 4.39 Å². The van der Waals surface area contributed by atoms with Gasteiger partial charge in [0.15, 0.2) is 0 Å². The van der Waals surface area contributed by atoms with Crippen molar-refractivity contribution in [1.82, 2.24) is 0 Å². The zero-order valence-corrected chi connectivity index (χ0v) is 10.6. The first-order valence-electron chi connectivity index (χ1n) is 5.08. The number of benzene rings is 2. The van der Waals surface area contributed by atoms with Crippen molar-refractivity contribution in [2.24, 2.45) is 0 Å².